The first-order valence-electron chi connectivity index (χ1n) is 8.15. The zero-order valence-electron chi connectivity index (χ0n) is 17.0. The van der Waals surface area contributed by atoms with Crippen molar-refractivity contribution in [3.05, 3.63) is 58.6 Å². The molecule has 2 aromatic carbocycles. The first-order valence-corrected chi connectivity index (χ1v) is 8.91. The van der Waals surface area contributed by atoms with Crippen LogP contribution in [0.15, 0.2) is 48.5 Å². The molecule has 0 unspecified atom stereocenters. The number of carbonyl (C=O) groups is 2. The Bertz CT molecular complexity index is 737. The van der Waals surface area contributed by atoms with Crippen LogP contribution < -0.4 is 19.7 Å². The second-order valence-electron chi connectivity index (χ2n) is 6.71. The van der Waals surface area contributed by atoms with Crippen molar-refractivity contribution in [1.29, 1.82) is 0 Å². The van der Waals surface area contributed by atoms with Gasteiger partial charge in [-0.05, 0) is 76.2 Å². The molecular formula is C20H22CaCl2O7. The standard InChI is InChI=1S/2C10H11ClO3.Ca.H2O/c2*1-10(2,9(12)13)14-8-5-3-7(11)4-6-8;;/h2*3-6H,1-2H3,(H,12,13);;1H2/q;;+2;/p-2. The van der Waals surface area contributed by atoms with Gasteiger partial charge in [0.2, 0.25) is 0 Å². The van der Waals surface area contributed by atoms with E-state index in [0.29, 0.717) is 21.5 Å². The van der Waals surface area contributed by atoms with E-state index in [2.05, 4.69) is 0 Å². The van der Waals surface area contributed by atoms with Gasteiger partial charge in [-0.2, -0.15) is 0 Å². The fraction of sp³-hybridized carbons (Fsp3) is 0.300. The van der Waals surface area contributed by atoms with Gasteiger partial charge in [-0.25, -0.2) is 0 Å². The molecule has 7 nitrogen and oxygen atoms in total. The van der Waals surface area contributed by atoms with E-state index >= 15 is 0 Å². The molecule has 0 amide bonds. The van der Waals surface area contributed by atoms with E-state index in [-0.39, 0.29) is 43.2 Å². The van der Waals surface area contributed by atoms with Gasteiger partial charge in [-0.15, -0.1) is 0 Å². The quantitative estimate of drug-likeness (QED) is 0.567. The number of rotatable bonds is 6. The number of ether oxygens (including phenoxy) is 2. The fourth-order valence-corrected chi connectivity index (χ4v) is 1.93. The molecule has 30 heavy (non-hydrogen) atoms. The molecule has 2 N–H and O–H groups in total. The molecule has 0 bridgehead atoms. The van der Waals surface area contributed by atoms with Gasteiger partial charge in [0, 0.05) is 10.0 Å². The van der Waals surface area contributed by atoms with Crippen LogP contribution in [0.3, 0.4) is 0 Å². The van der Waals surface area contributed by atoms with Gasteiger partial charge in [0.1, 0.15) is 22.7 Å². The molecule has 0 heterocycles. The van der Waals surface area contributed by atoms with E-state index in [9.17, 15) is 19.8 Å². The van der Waals surface area contributed by atoms with Crippen molar-refractivity contribution in [2.45, 2.75) is 38.9 Å². The van der Waals surface area contributed by atoms with E-state index < -0.39 is 23.1 Å². The number of hydrogen-bond acceptors (Lipinski definition) is 6. The predicted molar refractivity (Wildman–Crippen MR) is 112 cm³/mol. The zero-order valence-corrected chi connectivity index (χ0v) is 20.8. The minimum Gasteiger partial charge on any atom is -0.546 e. The van der Waals surface area contributed by atoms with Gasteiger partial charge < -0.3 is 34.8 Å². The van der Waals surface area contributed by atoms with Crippen LogP contribution >= 0.6 is 23.2 Å². The number of halogens is 2. The second-order valence-corrected chi connectivity index (χ2v) is 7.58. The molecule has 0 radical (unpaired) electrons. The Labute approximate surface area is 215 Å². The third-order valence-corrected chi connectivity index (χ3v) is 3.86. The van der Waals surface area contributed by atoms with Crippen LogP contribution in [0.1, 0.15) is 27.7 Å². The summed E-state index contributed by atoms with van der Waals surface area (Å²) in [5, 5.41) is 22.4. The third-order valence-electron chi connectivity index (χ3n) is 3.36. The summed E-state index contributed by atoms with van der Waals surface area (Å²) in [5.74, 6) is -1.62. The van der Waals surface area contributed by atoms with Crippen molar-refractivity contribution in [2.24, 2.45) is 0 Å². The number of carboxylic acid groups (broad SMARTS) is 2. The van der Waals surface area contributed by atoms with Crippen molar-refractivity contribution < 1.29 is 34.8 Å². The Hall–Kier alpha value is -1.22. The molecule has 0 fully saturated rings. The fourth-order valence-electron chi connectivity index (χ4n) is 1.68. The van der Waals surface area contributed by atoms with Crippen molar-refractivity contribution in [3.63, 3.8) is 0 Å². The number of aliphatic carboxylic acids is 2. The van der Waals surface area contributed by atoms with Gasteiger partial charge in [0.25, 0.3) is 0 Å². The number of benzene rings is 2. The Balaban J connectivity index is 0. The molecule has 160 valence electrons. The molecular weight excluding hydrogens is 463 g/mol. The summed E-state index contributed by atoms with van der Waals surface area (Å²) in [7, 11) is 0. The first-order chi connectivity index (χ1) is 12.8. The molecule has 0 saturated heterocycles. The first kappa shape index (κ1) is 31.0. The summed E-state index contributed by atoms with van der Waals surface area (Å²) in [6.45, 7) is 5.71. The summed E-state index contributed by atoms with van der Waals surface area (Å²) in [5.41, 5.74) is -2.68. The summed E-state index contributed by atoms with van der Waals surface area (Å²) < 4.78 is 10.4. The number of carboxylic acids is 2. The average molecular weight is 485 g/mol. The van der Waals surface area contributed by atoms with Crippen LogP contribution in [-0.2, 0) is 9.59 Å². The van der Waals surface area contributed by atoms with Crippen LogP contribution in [0.4, 0.5) is 0 Å². The van der Waals surface area contributed by atoms with Gasteiger partial charge in [-0.3, -0.25) is 0 Å². The molecule has 2 rings (SSSR count). The van der Waals surface area contributed by atoms with Crippen molar-refractivity contribution >= 4 is 72.9 Å². The molecule has 2 aromatic rings. The summed E-state index contributed by atoms with van der Waals surface area (Å²) in [4.78, 5) is 21.3. The average Bonchev–Trinajstić information content (AvgIpc) is 2.59. The molecule has 0 atom stereocenters. The third kappa shape index (κ3) is 10.7. The van der Waals surface area contributed by atoms with E-state index in [4.69, 9.17) is 32.7 Å². The summed E-state index contributed by atoms with van der Waals surface area (Å²) in [6.07, 6.45) is 0. The number of hydrogen-bond donors (Lipinski definition) is 0. The largest absolute Gasteiger partial charge is 2.00 e. The normalized spacial score (nSPS) is 10.3. The van der Waals surface area contributed by atoms with Crippen molar-refractivity contribution in [1.82, 2.24) is 0 Å². The number of carbonyl (C=O) groups excluding carboxylic acids is 2. The van der Waals surface area contributed by atoms with Crippen molar-refractivity contribution in [3.8, 4) is 11.5 Å². The Kier molecular flexibility index (Phi) is 13.7. The van der Waals surface area contributed by atoms with Crippen LogP contribution in [0, 0.1) is 0 Å². The van der Waals surface area contributed by atoms with E-state index in [1.165, 1.54) is 27.7 Å². The predicted octanol–water partition coefficient (Wildman–Crippen LogP) is 1.29. The Morgan fingerprint density at radius 3 is 1.13 bits per heavy atom. The van der Waals surface area contributed by atoms with Crippen LogP contribution in [0.5, 0.6) is 11.5 Å². The maximum atomic E-state index is 10.6. The van der Waals surface area contributed by atoms with Gasteiger partial charge >= 0.3 is 37.7 Å². The topological polar surface area (TPSA) is 130 Å². The molecule has 0 saturated carbocycles. The van der Waals surface area contributed by atoms with Crippen molar-refractivity contribution in [2.75, 3.05) is 0 Å². The van der Waals surface area contributed by atoms with E-state index in [0.717, 1.165) is 0 Å². The maximum absolute atomic E-state index is 10.6. The smallest absolute Gasteiger partial charge is 0.546 e. The Morgan fingerprint density at radius 2 is 0.933 bits per heavy atom. The van der Waals surface area contributed by atoms with E-state index in [1.54, 1.807) is 48.5 Å². The Morgan fingerprint density at radius 1 is 0.700 bits per heavy atom. The van der Waals surface area contributed by atoms with E-state index in [1.807, 2.05) is 0 Å². The molecule has 10 heteroatoms. The SMILES string of the molecule is CC(C)(Oc1ccc(Cl)cc1)C(=O)[O-].CC(C)(Oc1ccc(Cl)cc1)C(=O)[O-].O.[Ca+2]. The maximum Gasteiger partial charge on any atom is 2.00 e. The second kappa shape index (κ2) is 13.2. The summed E-state index contributed by atoms with van der Waals surface area (Å²) in [6, 6.07) is 12.9. The van der Waals surface area contributed by atoms with Crippen LogP contribution in [0.25, 0.3) is 0 Å². The van der Waals surface area contributed by atoms with Crippen LogP contribution in [-0.4, -0.2) is 66.4 Å². The van der Waals surface area contributed by atoms with Gasteiger partial charge in [0.15, 0.2) is 0 Å². The monoisotopic (exact) mass is 484 g/mol. The molecule has 0 aliphatic rings. The minimum atomic E-state index is -1.34. The molecule has 0 spiro atoms. The van der Waals surface area contributed by atoms with Gasteiger partial charge in [-0.1, -0.05) is 23.2 Å². The zero-order chi connectivity index (χ0) is 21.5. The van der Waals surface area contributed by atoms with Gasteiger partial charge in [0.05, 0.1) is 11.9 Å². The molecule has 0 aliphatic heterocycles. The molecule has 0 aromatic heterocycles. The minimum absolute atomic E-state index is 0. The summed E-state index contributed by atoms with van der Waals surface area (Å²) >= 11 is 11.3. The molecule has 0 aliphatic carbocycles. The van der Waals surface area contributed by atoms with Crippen LogP contribution in [0.2, 0.25) is 10.0 Å².